The lowest BCUT2D eigenvalue weighted by atomic mass is 10.2. The summed E-state index contributed by atoms with van der Waals surface area (Å²) in [5.41, 5.74) is 0.826. The van der Waals surface area contributed by atoms with Crippen molar-refractivity contribution in [2.75, 3.05) is 0 Å². The number of nitrogens with zero attached hydrogens (tertiary/aromatic N) is 3. The van der Waals surface area contributed by atoms with E-state index in [9.17, 15) is 17.6 Å². The zero-order valence-corrected chi connectivity index (χ0v) is 18.7. The highest BCUT2D eigenvalue weighted by Crippen LogP contribution is 2.31. The first kappa shape index (κ1) is 22.9. The second kappa shape index (κ2) is 9.15. The standard InChI is InChI=1S/C21H21ClFN3O4S/c1-4-13(2)31(28,29)12-15-10-18(14-8-9-19(27)26(3)11-14)25-21(24-15)30-20-16(22)6-5-7-17(20)23/h5-11,13H,4,12H2,1-3H3/t13-/m1/s1. The first-order chi connectivity index (χ1) is 14.6. The Hall–Kier alpha value is -2.78. The van der Waals surface area contributed by atoms with E-state index in [-0.39, 0.29) is 33.8 Å². The summed E-state index contributed by atoms with van der Waals surface area (Å²) in [6.07, 6.45) is 2.01. The van der Waals surface area contributed by atoms with Gasteiger partial charge >= 0.3 is 6.01 Å². The fourth-order valence-corrected chi connectivity index (χ4v) is 4.31. The molecular weight excluding hydrogens is 445 g/mol. The second-order valence-corrected chi connectivity index (χ2v) is 9.90. The minimum Gasteiger partial charge on any atom is -0.420 e. The van der Waals surface area contributed by atoms with Gasteiger partial charge in [-0.1, -0.05) is 24.6 Å². The van der Waals surface area contributed by atoms with Crippen LogP contribution in [0.25, 0.3) is 11.3 Å². The van der Waals surface area contributed by atoms with Crippen molar-refractivity contribution in [3.8, 4) is 23.0 Å². The summed E-state index contributed by atoms with van der Waals surface area (Å²) in [7, 11) is -1.90. The molecule has 1 atom stereocenters. The van der Waals surface area contributed by atoms with E-state index in [4.69, 9.17) is 16.3 Å². The number of sulfone groups is 1. The number of aryl methyl sites for hydroxylation is 1. The number of halogens is 2. The molecule has 7 nitrogen and oxygen atoms in total. The van der Waals surface area contributed by atoms with Gasteiger partial charge in [-0.3, -0.25) is 4.79 Å². The smallest absolute Gasteiger partial charge is 0.322 e. The molecule has 0 saturated carbocycles. The minimum atomic E-state index is -3.48. The molecule has 10 heteroatoms. The molecule has 0 aliphatic rings. The van der Waals surface area contributed by atoms with Gasteiger partial charge in [-0.2, -0.15) is 9.97 Å². The molecule has 0 fully saturated rings. The molecule has 2 aromatic heterocycles. The van der Waals surface area contributed by atoms with Crippen molar-refractivity contribution in [1.29, 1.82) is 0 Å². The van der Waals surface area contributed by atoms with Crippen molar-refractivity contribution in [2.45, 2.75) is 31.3 Å². The number of pyridine rings is 1. The second-order valence-electron chi connectivity index (χ2n) is 7.07. The molecule has 3 rings (SSSR count). The van der Waals surface area contributed by atoms with Crippen molar-refractivity contribution in [1.82, 2.24) is 14.5 Å². The number of ether oxygens (including phenoxy) is 1. The fourth-order valence-electron chi connectivity index (χ4n) is 2.76. The molecule has 0 aliphatic heterocycles. The maximum Gasteiger partial charge on any atom is 0.322 e. The van der Waals surface area contributed by atoms with Crippen LogP contribution >= 0.6 is 11.6 Å². The third-order valence-electron chi connectivity index (χ3n) is 4.79. The van der Waals surface area contributed by atoms with Crippen molar-refractivity contribution in [3.63, 3.8) is 0 Å². The van der Waals surface area contributed by atoms with E-state index in [2.05, 4.69) is 9.97 Å². The lowest BCUT2D eigenvalue weighted by Gasteiger charge is -2.13. The van der Waals surface area contributed by atoms with Crippen LogP contribution in [0.15, 0.2) is 47.4 Å². The van der Waals surface area contributed by atoms with Crippen LogP contribution in [0.3, 0.4) is 0 Å². The van der Waals surface area contributed by atoms with Gasteiger partial charge in [0.25, 0.3) is 0 Å². The molecule has 31 heavy (non-hydrogen) atoms. The van der Waals surface area contributed by atoms with Gasteiger partial charge in [-0.15, -0.1) is 0 Å². The number of rotatable bonds is 7. The van der Waals surface area contributed by atoms with Gasteiger partial charge in [0.1, 0.15) is 0 Å². The lowest BCUT2D eigenvalue weighted by Crippen LogP contribution is -2.19. The van der Waals surface area contributed by atoms with Gasteiger partial charge in [0, 0.05) is 24.9 Å². The minimum absolute atomic E-state index is 0.0184. The molecule has 0 saturated heterocycles. The van der Waals surface area contributed by atoms with Crippen LogP contribution in [-0.2, 0) is 22.6 Å². The Labute approximate surface area is 184 Å². The zero-order chi connectivity index (χ0) is 22.8. The zero-order valence-electron chi connectivity index (χ0n) is 17.2. The van der Waals surface area contributed by atoms with Crippen LogP contribution in [0.4, 0.5) is 4.39 Å². The highest BCUT2D eigenvalue weighted by atomic mass is 35.5. The number of para-hydroxylation sites is 1. The molecule has 0 radical (unpaired) electrons. The first-order valence-electron chi connectivity index (χ1n) is 9.49. The molecule has 2 heterocycles. The molecular formula is C21H21ClFN3O4S. The van der Waals surface area contributed by atoms with E-state index in [0.29, 0.717) is 17.7 Å². The Morgan fingerprint density at radius 1 is 1.23 bits per heavy atom. The van der Waals surface area contributed by atoms with Gasteiger partial charge in [0.05, 0.1) is 27.4 Å². The summed E-state index contributed by atoms with van der Waals surface area (Å²) in [5.74, 6) is -1.32. The molecule has 0 aliphatic carbocycles. The van der Waals surface area contributed by atoms with Crippen molar-refractivity contribution < 1.29 is 17.5 Å². The van der Waals surface area contributed by atoms with E-state index < -0.39 is 20.9 Å². The van der Waals surface area contributed by atoms with Crippen LogP contribution in [0.2, 0.25) is 5.02 Å². The summed E-state index contributed by atoms with van der Waals surface area (Å²) in [4.78, 5) is 20.2. The Kier molecular flexibility index (Phi) is 6.76. The van der Waals surface area contributed by atoms with Crippen LogP contribution in [0.1, 0.15) is 26.0 Å². The van der Waals surface area contributed by atoms with Crippen molar-refractivity contribution >= 4 is 21.4 Å². The van der Waals surface area contributed by atoms with Crippen LogP contribution in [0.5, 0.6) is 11.8 Å². The number of aromatic nitrogens is 3. The monoisotopic (exact) mass is 465 g/mol. The maximum atomic E-state index is 14.2. The normalized spacial score (nSPS) is 12.5. The number of hydrogen-bond donors (Lipinski definition) is 0. The fraction of sp³-hybridized carbons (Fsp3) is 0.286. The van der Waals surface area contributed by atoms with E-state index in [1.165, 1.54) is 34.9 Å². The molecule has 3 aromatic rings. The summed E-state index contributed by atoms with van der Waals surface area (Å²) >= 11 is 6.03. The quantitative estimate of drug-likeness (QED) is 0.520. The molecule has 1 aromatic carbocycles. The molecule has 0 spiro atoms. The van der Waals surface area contributed by atoms with Crippen molar-refractivity contribution in [3.05, 3.63) is 69.5 Å². The van der Waals surface area contributed by atoms with Gasteiger partial charge in [-0.25, -0.2) is 12.8 Å². The lowest BCUT2D eigenvalue weighted by molar-refractivity contribution is 0.410. The average molecular weight is 466 g/mol. The van der Waals surface area contributed by atoms with E-state index in [1.807, 2.05) is 0 Å². The summed E-state index contributed by atoms with van der Waals surface area (Å²) in [6.45, 7) is 3.41. The average Bonchev–Trinajstić information content (AvgIpc) is 2.71. The predicted octanol–water partition coefficient (Wildman–Crippen LogP) is 4.14. The summed E-state index contributed by atoms with van der Waals surface area (Å²) in [5, 5.41) is -0.543. The summed E-state index contributed by atoms with van der Waals surface area (Å²) < 4.78 is 46.3. The van der Waals surface area contributed by atoms with Crippen LogP contribution in [-0.4, -0.2) is 28.2 Å². The van der Waals surface area contributed by atoms with Gasteiger partial charge in [0.2, 0.25) is 5.56 Å². The number of hydrogen-bond acceptors (Lipinski definition) is 6. The Morgan fingerprint density at radius 2 is 1.97 bits per heavy atom. The highest BCUT2D eigenvalue weighted by Gasteiger charge is 2.22. The van der Waals surface area contributed by atoms with Gasteiger partial charge in [-0.05, 0) is 37.6 Å². The van der Waals surface area contributed by atoms with E-state index in [0.717, 1.165) is 0 Å². The summed E-state index contributed by atoms with van der Waals surface area (Å²) in [6, 6.07) is 8.22. The van der Waals surface area contributed by atoms with Crippen LogP contribution < -0.4 is 10.3 Å². The SMILES string of the molecule is CC[C@@H](C)S(=O)(=O)Cc1cc(-c2ccc(=O)n(C)c2)nc(Oc2c(F)cccc2Cl)n1. The molecule has 0 unspecified atom stereocenters. The van der Waals surface area contributed by atoms with Crippen LogP contribution in [0, 0.1) is 5.82 Å². The molecule has 0 N–H and O–H groups in total. The van der Waals surface area contributed by atoms with E-state index >= 15 is 0 Å². The van der Waals surface area contributed by atoms with Crippen molar-refractivity contribution in [2.24, 2.45) is 7.05 Å². The third kappa shape index (κ3) is 5.29. The molecule has 0 amide bonds. The third-order valence-corrected chi connectivity index (χ3v) is 7.34. The maximum absolute atomic E-state index is 14.2. The molecule has 0 bridgehead atoms. The Bertz CT molecular complexity index is 1260. The largest absolute Gasteiger partial charge is 0.420 e. The first-order valence-corrected chi connectivity index (χ1v) is 11.6. The predicted molar refractivity (Wildman–Crippen MR) is 117 cm³/mol. The Morgan fingerprint density at radius 3 is 2.61 bits per heavy atom. The molecule has 164 valence electrons. The van der Waals surface area contributed by atoms with E-state index in [1.54, 1.807) is 33.2 Å². The van der Waals surface area contributed by atoms with Gasteiger partial charge in [0.15, 0.2) is 21.4 Å². The highest BCUT2D eigenvalue weighted by molar-refractivity contribution is 7.91. The van der Waals surface area contributed by atoms with Gasteiger partial charge < -0.3 is 9.30 Å². The Balaban J connectivity index is 2.11. The topological polar surface area (TPSA) is 91.2 Å². The number of benzene rings is 1.